The van der Waals surface area contributed by atoms with E-state index in [0.717, 1.165) is 74.1 Å². The number of aromatic nitrogens is 3. The Morgan fingerprint density at radius 3 is 1.37 bits per heavy atom. The topological polar surface area (TPSA) is 51.6 Å². The van der Waals surface area contributed by atoms with Gasteiger partial charge in [-0.2, -0.15) is 0 Å². The van der Waals surface area contributed by atoms with Gasteiger partial charge in [0.25, 0.3) is 13.4 Å². The summed E-state index contributed by atoms with van der Waals surface area (Å²) in [7, 11) is 0. The van der Waals surface area contributed by atoms with E-state index in [2.05, 4.69) is 208 Å². The molecule has 0 amide bonds. The number of para-hydroxylation sites is 5. The molecule has 60 heavy (non-hydrogen) atoms. The molecule has 0 saturated carbocycles. The molecule has 6 heterocycles. The summed E-state index contributed by atoms with van der Waals surface area (Å²) in [5, 5.41) is 0. The predicted octanol–water partition coefficient (Wildman–Crippen LogP) is 8.04. The van der Waals surface area contributed by atoms with E-state index in [4.69, 9.17) is 15.0 Å². The summed E-state index contributed by atoms with van der Waals surface area (Å²) in [6.07, 6.45) is 3.65. The van der Waals surface area contributed by atoms with Crippen LogP contribution in [-0.2, 0) is 0 Å². The molecule has 9 heteroatoms. The molecule has 0 spiro atoms. The Morgan fingerprint density at radius 1 is 0.300 bits per heavy atom. The first-order valence-corrected chi connectivity index (χ1v) is 20.4. The van der Waals surface area contributed by atoms with Crippen LogP contribution in [0, 0.1) is 0 Å². The molecule has 13 rings (SSSR count). The fourth-order valence-electron chi connectivity index (χ4n) is 10.2. The number of rotatable bonds is 4. The smallest absolute Gasteiger partial charge is 0.256 e. The average molecular weight is 765 g/mol. The van der Waals surface area contributed by atoms with Crippen molar-refractivity contribution in [2.24, 2.45) is 0 Å². The van der Waals surface area contributed by atoms with Crippen LogP contribution in [0.3, 0.4) is 0 Å². The van der Waals surface area contributed by atoms with E-state index < -0.39 is 0 Å². The van der Waals surface area contributed by atoms with E-state index in [0.29, 0.717) is 0 Å². The molecule has 2 aromatic heterocycles. The lowest BCUT2D eigenvalue weighted by Gasteiger charge is -2.46. The monoisotopic (exact) mass is 765 g/mol. The molecule has 9 aromatic rings. The summed E-state index contributed by atoms with van der Waals surface area (Å²) in [5.74, 6) is 2.72. The Labute approximate surface area is 348 Å². The predicted molar refractivity (Wildman–Crippen MR) is 248 cm³/mol. The number of pyridine rings is 1. The molecule has 0 bridgehead atoms. The number of benzene rings is 7. The van der Waals surface area contributed by atoms with Gasteiger partial charge in [-0.1, -0.05) is 109 Å². The second-order valence-corrected chi connectivity index (χ2v) is 15.6. The minimum absolute atomic E-state index is 0.0853. The van der Waals surface area contributed by atoms with E-state index in [1.54, 1.807) is 6.33 Å². The van der Waals surface area contributed by atoms with E-state index in [1.165, 1.54) is 27.3 Å². The zero-order valence-corrected chi connectivity index (χ0v) is 32.3. The maximum absolute atomic E-state index is 5.17. The first-order chi connectivity index (χ1) is 29.8. The number of nitrogens with zero attached hydrogens (tertiary/aromatic N) is 7. The first-order valence-electron chi connectivity index (χ1n) is 20.4. The van der Waals surface area contributed by atoms with Gasteiger partial charge in [-0.25, -0.2) is 15.0 Å². The summed E-state index contributed by atoms with van der Waals surface area (Å²) in [6.45, 7) is -0.218. The third-order valence-corrected chi connectivity index (χ3v) is 12.6. The highest BCUT2D eigenvalue weighted by Gasteiger charge is 2.49. The van der Waals surface area contributed by atoms with Crippen molar-refractivity contribution in [2.75, 3.05) is 19.6 Å². The van der Waals surface area contributed by atoms with Crippen molar-refractivity contribution in [1.82, 2.24) is 15.0 Å². The highest BCUT2D eigenvalue weighted by molar-refractivity contribution is 7.03. The molecule has 0 atom stereocenters. The zero-order chi connectivity index (χ0) is 39.3. The molecule has 0 fully saturated rings. The molecule has 0 N–H and O–H groups in total. The summed E-state index contributed by atoms with van der Waals surface area (Å²) >= 11 is 0. The van der Waals surface area contributed by atoms with Crippen LogP contribution in [0.25, 0.3) is 0 Å². The van der Waals surface area contributed by atoms with Crippen molar-refractivity contribution in [3.8, 4) is 0 Å². The van der Waals surface area contributed by atoms with Crippen molar-refractivity contribution in [1.29, 1.82) is 0 Å². The van der Waals surface area contributed by atoms with Crippen LogP contribution in [0.15, 0.2) is 201 Å². The minimum Gasteiger partial charge on any atom is -0.311 e. The van der Waals surface area contributed by atoms with E-state index >= 15 is 0 Å². The lowest BCUT2D eigenvalue weighted by molar-refractivity contribution is 1.09. The van der Waals surface area contributed by atoms with Crippen LogP contribution in [0.4, 0.5) is 68.6 Å². The lowest BCUT2D eigenvalue weighted by Crippen LogP contribution is -2.65. The number of anilines is 12. The van der Waals surface area contributed by atoms with Crippen molar-refractivity contribution in [2.45, 2.75) is 0 Å². The van der Waals surface area contributed by atoms with Gasteiger partial charge in [0.1, 0.15) is 23.8 Å². The summed E-state index contributed by atoms with van der Waals surface area (Å²) in [4.78, 5) is 24.9. The number of hydrogen-bond donors (Lipinski definition) is 0. The molecule has 0 unspecified atom stereocenters. The molecule has 0 saturated heterocycles. The molecule has 7 nitrogen and oxygen atoms in total. The Morgan fingerprint density at radius 2 is 0.750 bits per heavy atom. The SMILES string of the molecule is c1ccc(N2c3cc4c(cc3B3c5cccnc5N(c5ccccc5)c5cccc2c53)B2c3ccccc3N(c3ccccc3)c3ncnc(c32)N4c2ccccc2)cc1. The van der Waals surface area contributed by atoms with Crippen molar-refractivity contribution in [3.63, 3.8) is 0 Å². The van der Waals surface area contributed by atoms with Gasteiger partial charge in [0.2, 0.25) is 0 Å². The van der Waals surface area contributed by atoms with Crippen LogP contribution in [-0.4, -0.2) is 28.4 Å². The summed E-state index contributed by atoms with van der Waals surface area (Å²) in [5.41, 5.74) is 17.1. The van der Waals surface area contributed by atoms with Gasteiger partial charge in [0, 0.05) is 62.8 Å². The van der Waals surface area contributed by atoms with Gasteiger partial charge in [0.05, 0.1) is 0 Å². The van der Waals surface area contributed by atoms with Crippen LogP contribution >= 0.6 is 0 Å². The quantitative estimate of drug-likeness (QED) is 0.168. The molecule has 0 radical (unpaired) electrons. The van der Waals surface area contributed by atoms with Crippen molar-refractivity contribution >= 4 is 115 Å². The van der Waals surface area contributed by atoms with Gasteiger partial charge in [-0.15, -0.1) is 0 Å². The fraction of sp³-hybridized carbons (Fsp3) is 0. The van der Waals surface area contributed by atoms with Crippen LogP contribution in [0.2, 0.25) is 0 Å². The summed E-state index contributed by atoms with van der Waals surface area (Å²) in [6, 6.07) is 67.5. The Kier molecular flexibility index (Phi) is 7.06. The highest BCUT2D eigenvalue weighted by Crippen LogP contribution is 2.47. The molecule has 4 aliphatic rings. The molecular formula is C51H33B2N7. The maximum Gasteiger partial charge on any atom is 0.256 e. The largest absolute Gasteiger partial charge is 0.311 e. The van der Waals surface area contributed by atoms with Gasteiger partial charge < -0.3 is 4.90 Å². The third-order valence-electron chi connectivity index (χ3n) is 12.6. The van der Waals surface area contributed by atoms with E-state index in [1.807, 2.05) is 6.20 Å². The van der Waals surface area contributed by atoms with Gasteiger partial charge in [0.15, 0.2) is 0 Å². The van der Waals surface area contributed by atoms with Crippen LogP contribution < -0.4 is 52.4 Å². The Balaban J connectivity index is 1.14. The van der Waals surface area contributed by atoms with Gasteiger partial charge in [-0.05, 0) is 106 Å². The maximum atomic E-state index is 5.17. The second kappa shape index (κ2) is 12.8. The average Bonchev–Trinajstić information content (AvgIpc) is 3.32. The molecule has 7 aromatic carbocycles. The third kappa shape index (κ3) is 4.60. The van der Waals surface area contributed by atoms with Crippen molar-refractivity contribution < 1.29 is 0 Å². The van der Waals surface area contributed by atoms with Gasteiger partial charge >= 0.3 is 0 Å². The zero-order valence-electron chi connectivity index (χ0n) is 32.3. The summed E-state index contributed by atoms with van der Waals surface area (Å²) < 4.78 is 0. The van der Waals surface area contributed by atoms with Gasteiger partial charge in [-0.3, -0.25) is 14.7 Å². The molecule has 278 valence electrons. The van der Waals surface area contributed by atoms with E-state index in [-0.39, 0.29) is 13.4 Å². The number of hydrogen-bond acceptors (Lipinski definition) is 7. The fourth-order valence-corrected chi connectivity index (χ4v) is 10.2. The van der Waals surface area contributed by atoms with E-state index in [9.17, 15) is 0 Å². The molecular weight excluding hydrogens is 732 g/mol. The lowest BCUT2D eigenvalue weighted by atomic mass is 9.30. The normalized spacial score (nSPS) is 13.8. The van der Waals surface area contributed by atoms with Crippen LogP contribution in [0.1, 0.15) is 0 Å². The standard InChI is InChI=1S/C51H33B2N7/c1-5-17-34(18-6-1)57-43-28-15-29-44-47(43)53(39-26-16-30-54-49(39)59(44)36-21-9-3-10-22-36)40-31-41-46(32-45(40)57)60(37-23-11-4-12-24-37)51-48-50(55-33-56-51)58(35-19-7-2-8-20-35)42-27-14-13-25-38(42)52(41)48/h1-33H. The Bertz CT molecular complexity index is 2940. The first kappa shape index (κ1) is 33.1. The van der Waals surface area contributed by atoms with Crippen molar-refractivity contribution in [3.05, 3.63) is 201 Å². The minimum atomic E-state index is -0.132. The molecule has 0 aliphatic carbocycles. The Hall–Kier alpha value is -7.90. The van der Waals surface area contributed by atoms with Crippen LogP contribution in [0.5, 0.6) is 0 Å². The highest BCUT2D eigenvalue weighted by atomic mass is 15.3. The number of fused-ring (bicyclic) bond motifs is 8. The second-order valence-electron chi connectivity index (χ2n) is 15.6. The molecule has 4 aliphatic heterocycles.